The van der Waals surface area contributed by atoms with E-state index in [2.05, 4.69) is 5.32 Å². The van der Waals surface area contributed by atoms with Crippen molar-refractivity contribution in [3.05, 3.63) is 40.9 Å². The topological polar surface area (TPSA) is 90.9 Å². The number of rotatable bonds is 3. The summed E-state index contributed by atoms with van der Waals surface area (Å²) < 4.78 is 42.1. The van der Waals surface area contributed by atoms with Crippen LogP contribution < -0.4 is 19.0 Å². The predicted octanol–water partition coefficient (Wildman–Crippen LogP) is 3.15. The van der Waals surface area contributed by atoms with E-state index in [-0.39, 0.29) is 33.9 Å². The van der Waals surface area contributed by atoms with Gasteiger partial charge in [-0.1, -0.05) is 23.7 Å². The normalized spacial score (nSPS) is 17.2. The van der Waals surface area contributed by atoms with Gasteiger partial charge in [0.2, 0.25) is 0 Å². The number of hydrogen-bond acceptors (Lipinski definition) is 6. The van der Waals surface area contributed by atoms with Gasteiger partial charge in [0.05, 0.1) is 10.7 Å². The molecule has 0 radical (unpaired) electrons. The Balaban J connectivity index is 1.71. The van der Waals surface area contributed by atoms with Crippen LogP contribution in [-0.2, 0) is 21.3 Å². The van der Waals surface area contributed by atoms with Gasteiger partial charge in [0, 0.05) is 18.1 Å². The molecule has 2 heterocycles. The Hall–Kier alpha value is -2.45. The number of hydrogen-bond donors (Lipinski definition) is 1. The number of anilines is 1. The molecule has 142 valence electrons. The van der Waals surface area contributed by atoms with Gasteiger partial charge in [-0.25, -0.2) is 0 Å². The smallest absolute Gasteiger partial charge is 0.340 e. The quantitative estimate of drug-likeness (QED) is 0.783. The van der Waals surface area contributed by atoms with Gasteiger partial charge < -0.3 is 19.0 Å². The lowest BCUT2D eigenvalue weighted by Crippen LogP contribution is -2.26. The zero-order chi connectivity index (χ0) is 19.4. The molecule has 0 saturated carbocycles. The van der Waals surface area contributed by atoms with E-state index >= 15 is 0 Å². The van der Waals surface area contributed by atoms with Crippen LogP contribution in [0.1, 0.15) is 19.4 Å². The van der Waals surface area contributed by atoms with Crippen LogP contribution in [0.25, 0.3) is 0 Å². The summed E-state index contributed by atoms with van der Waals surface area (Å²) in [5, 5.41) is 2.48. The molecule has 0 spiro atoms. The number of fused-ring (bicyclic) bond motifs is 2. The SMILES string of the molecule is CC1(C)Cc2cccc(OS(=O)(=O)c3cc4c(cc3Cl)NC(=O)CO4)c2O1. The minimum Gasteiger partial charge on any atom is -0.483 e. The van der Waals surface area contributed by atoms with Crippen LogP contribution in [0.4, 0.5) is 5.69 Å². The van der Waals surface area contributed by atoms with Gasteiger partial charge in [0.15, 0.2) is 18.1 Å². The molecule has 2 aliphatic rings. The second-order valence-electron chi connectivity index (χ2n) is 6.94. The Morgan fingerprint density at radius 3 is 2.81 bits per heavy atom. The standard InChI is InChI=1S/C18H16ClNO6S/c1-18(2)8-10-4-3-5-13(17(10)25-18)26-27(22,23)15-7-14-12(6-11(15)19)20-16(21)9-24-14/h3-7H,8-9H2,1-2H3,(H,20,21). The summed E-state index contributed by atoms with van der Waals surface area (Å²) in [6, 6.07) is 7.66. The highest BCUT2D eigenvalue weighted by Gasteiger charge is 2.34. The van der Waals surface area contributed by atoms with Gasteiger partial charge in [-0.2, -0.15) is 8.42 Å². The molecule has 27 heavy (non-hydrogen) atoms. The summed E-state index contributed by atoms with van der Waals surface area (Å²) in [4.78, 5) is 11.1. The van der Waals surface area contributed by atoms with E-state index in [0.717, 1.165) is 5.56 Å². The molecule has 0 bridgehead atoms. The van der Waals surface area contributed by atoms with Gasteiger partial charge >= 0.3 is 10.1 Å². The number of halogens is 1. The molecule has 0 fully saturated rings. The largest absolute Gasteiger partial charge is 0.483 e. The molecule has 1 N–H and O–H groups in total. The average Bonchev–Trinajstić information content (AvgIpc) is 2.88. The Morgan fingerprint density at radius 1 is 1.26 bits per heavy atom. The minimum atomic E-state index is -4.25. The van der Waals surface area contributed by atoms with Crippen LogP contribution in [0.5, 0.6) is 17.2 Å². The Kier molecular flexibility index (Phi) is 4.01. The Bertz CT molecular complexity index is 1060. The molecule has 1 amide bonds. The summed E-state index contributed by atoms with van der Waals surface area (Å²) in [6.07, 6.45) is 0.646. The van der Waals surface area contributed by atoms with Crippen molar-refractivity contribution < 1.29 is 26.9 Å². The first kappa shape index (κ1) is 17.9. The first-order valence-electron chi connectivity index (χ1n) is 8.16. The van der Waals surface area contributed by atoms with Crippen LogP contribution >= 0.6 is 11.6 Å². The van der Waals surface area contributed by atoms with Crippen LogP contribution in [0.3, 0.4) is 0 Å². The van der Waals surface area contributed by atoms with Crippen molar-refractivity contribution in [3.8, 4) is 17.2 Å². The van der Waals surface area contributed by atoms with Crippen molar-refractivity contribution in [2.45, 2.75) is 30.8 Å². The number of benzene rings is 2. The maximum absolute atomic E-state index is 12.8. The van der Waals surface area contributed by atoms with Gasteiger partial charge in [-0.05, 0) is 26.0 Å². The van der Waals surface area contributed by atoms with Crippen molar-refractivity contribution in [1.82, 2.24) is 0 Å². The molecule has 0 aliphatic carbocycles. The zero-order valence-corrected chi connectivity index (χ0v) is 16.1. The number of carbonyl (C=O) groups is 1. The maximum atomic E-state index is 12.8. The third-order valence-corrected chi connectivity index (χ3v) is 5.89. The first-order chi connectivity index (χ1) is 12.6. The number of nitrogens with one attached hydrogen (secondary N) is 1. The zero-order valence-electron chi connectivity index (χ0n) is 14.5. The Morgan fingerprint density at radius 2 is 2.04 bits per heavy atom. The van der Waals surface area contributed by atoms with Crippen molar-refractivity contribution >= 4 is 33.3 Å². The monoisotopic (exact) mass is 409 g/mol. The van der Waals surface area contributed by atoms with E-state index in [1.165, 1.54) is 18.2 Å². The van der Waals surface area contributed by atoms with E-state index in [9.17, 15) is 13.2 Å². The molecule has 0 atom stereocenters. The molecule has 2 aliphatic heterocycles. The van der Waals surface area contributed by atoms with E-state index in [1.807, 2.05) is 19.9 Å². The first-order valence-corrected chi connectivity index (χ1v) is 9.95. The average molecular weight is 410 g/mol. The third kappa shape index (κ3) is 3.30. The second-order valence-corrected chi connectivity index (χ2v) is 8.86. The lowest BCUT2D eigenvalue weighted by Gasteiger charge is -2.20. The highest BCUT2D eigenvalue weighted by molar-refractivity contribution is 7.87. The summed E-state index contributed by atoms with van der Waals surface area (Å²) in [7, 11) is -4.25. The number of ether oxygens (including phenoxy) is 2. The summed E-state index contributed by atoms with van der Waals surface area (Å²) in [5.74, 6) is 0.367. The molecule has 0 aromatic heterocycles. The highest BCUT2D eigenvalue weighted by atomic mass is 35.5. The molecule has 4 rings (SSSR count). The van der Waals surface area contributed by atoms with E-state index < -0.39 is 15.7 Å². The second kappa shape index (κ2) is 6.03. The number of carbonyl (C=O) groups excluding carboxylic acids is 1. The minimum absolute atomic E-state index is 0.0895. The van der Waals surface area contributed by atoms with Crippen LogP contribution in [-0.4, -0.2) is 26.5 Å². The third-order valence-electron chi connectivity index (χ3n) is 4.19. The van der Waals surface area contributed by atoms with Gasteiger partial charge in [-0.3, -0.25) is 4.79 Å². The Labute approximate surface area is 161 Å². The fourth-order valence-corrected chi connectivity index (χ4v) is 4.54. The fraction of sp³-hybridized carbons (Fsp3) is 0.278. The van der Waals surface area contributed by atoms with Gasteiger partial charge in [0.1, 0.15) is 16.2 Å². The highest BCUT2D eigenvalue weighted by Crippen LogP contribution is 2.43. The van der Waals surface area contributed by atoms with E-state index in [0.29, 0.717) is 17.9 Å². The molecule has 2 aromatic carbocycles. The lowest BCUT2D eigenvalue weighted by atomic mass is 10.0. The van der Waals surface area contributed by atoms with E-state index in [1.54, 1.807) is 6.07 Å². The van der Waals surface area contributed by atoms with Crippen LogP contribution in [0, 0.1) is 0 Å². The lowest BCUT2D eigenvalue weighted by molar-refractivity contribution is -0.118. The van der Waals surface area contributed by atoms with Crippen molar-refractivity contribution in [3.63, 3.8) is 0 Å². The molecular formula is C18H16ClNO6S. The molecular weight excluding hydrogens is 394 g/mol. The summed E-state index contributed by atoms with van der Waals surface area (Å²) in [6.45, 7) is 3.62. The molecule has 0 unspecified atom stereocenters. The molecule has 7 nitrogen and oxygen atoms in total. The predicted molar refractivity (Wildman–Crippen MR) is 98.2 cm³/mol. The summed E-state index contributed by atoms with van der Waals surface area (Å²) in [5.41, 5.74) is 0.734. The molecule has 2 aromatic rings. The van der Waals surface area contributed by atoms with Crippen molar-refractivity contribution in [2.24, 2.45) is 0 Å². The van der Waals surface area contributed by atoms with Gasteiger partial charge in [0.25, 0.3) is 5.91 Å². The van der Waals surface area contributed by atoms with Gasteiger partial charge in [-0.15, -0.1) is 0 Å². The van der Waals surface area contributed by atoms with Crippen molar-refractivity contribution in [2.75, 3.05) is 11.9 Å². The molecule has 0 saturated heterocycles. The fourth-order valence-electron chi connectivity index (χ4n) is 3.09. The van der Waals surface area contributed by atoms with Crippen LogP contribution in [0.15, 0.2) is 35.2 Å². The van der Waals surface area contributed by atoms with E-state index in [4.69, 9.17) is 25.3 Å². The summed E-state index contributed by atoms with van der Waals surface area (Å²) >= 11 is 6.12. The number of amides is 1. The maximum Gasteiger partial charge on any atom is 0.340 e. The van der Waals surface area contributed by atoms with Crippen molar-refractivity contribution in [1.29, 1.82) is 0 Å². The molecule has 9 heteroatoms. The number of para-hydroxylation sites is 1. The van der Waals surface area contributed by atoms with Crippen LogP contribution in [0.2, 0.25) is 5.02 Å².